The van der Waals surface area contributed by atoms with Crippen molar-refractivity contribution in [2.75, 3.05) is 13.2 Å². The van der Waals surface area contributed by atoms with Crippen LogP contribution in [0.4, 0.5) is 0 Å². The smallest absolute Gasteiger partial charge is 0.311 e. The summed E-state index contributed by atoms with van der Waals surface area (Å²) in [6.07, 6.45) is 7.74. The number of ether oxygens (including phenoxy) is 1. The molecule has 1 heterocycles. The highest BCUT2D eigenvalue weighted by Crippen LogP contribution is 2.25. The van der Waals surface area contributed by atoms with Crippen molar-refractivity contribution in [3.63, 3.8) is 0 Å². The number of carboxylic acid groups (broad SMARTS) is 1. The third kappa shape index (κ3) is 4.20. The SMILES string of the molecule is O=C(CC1CCCCCC1)NC1COCC1C(=O)O. The van der Waals surface area contributed by atoms with Gasteiger partial charge in [-0.05, 0) is 18.8 Å². The zero-order chi connectivity index (χ0) is 13.7. The summed E-state index contributed by atoms with van der Waals surface area (Å²) in [5.41, 5.74) is 0. The third-order valence-electron chi connectivity index (χ3n) is 4.19. The Morgan fingerprint density at radius 3 is 2.42 bits per heavy atom. The van der Waals surface area contributed by atoms with Crippen LogP contribution in [0.15, 0.2) is 0 Å². The molecule has 0 aromatic carbocycles. The largest absolute Gasteiger partial charge is 0.481 e. The van der Waals surface area contributed by atoms with Gasteiger partial charge in [-0.25, -0.2) is 0 Å². The fourth-order valence-corrected chi connectivity index (χ4v) is 3.04. The van der Waals surface area contributed by atoms with Crippen LogP contribution in [0.2, 0.25) is 0 Å². The topological polar surface area (TPSA) is 75.6 Å². The number of hydrogen-bond acceptors (Lipinski definition) is 3. The first kappa shape index (κ1) is 14.3. The van der Waals surface area contributed by atoms with Gasteiger partial charge in [0.25, 0.3) is 0 Å². The Labute approximate surface area is 113 Å². The maximum atomic E-state index is 12.0. The molecule has 0 aromatic heterocycles. The Morgan fingerprint density at radius 1 is 1.11 bits per heavy atom. The summed E-state index contributed by atoms with van der Waals surface area (Å²) in [7, 11) is 0. The highest BCUT2D eigenvalue weighted by atomic mass is 16.5. The number of nitrogens with one attached hydrogen (secondary N) is 1. The van der Waals surface area contributed by atoms with Crippen LogP contribution >= 0.6 is 0 Å². The lowest BCUT2D eigenvalue weighted by Crippen LogP contribution is -2.43. The van der Waals surface area contributed by atoms with Crippen LogP contribution in [0, 0.1) is 11.8 Å². The van der Waals surface area contributed by atoms with Crippen LogP contribution in [0.25, 0.3) is 0 Å². The van der Waals surface area contributed by atoms with Crippen molar-refractivity contribution in [1.82, 2.24) is 5.32 Å². The second-order valence-electron chi connectivity index (χ2n) is 5.72. The molecule has 2 N–H and O–H groups in total. The van der Waals surface area contributed by atoms with E-state index in [1.54, 1.807) is 0 Å². The third-order valence-corrected chi connectivity index (χ3v) is 4.19. The minimum atomic E-state index is -0.891. The molecule has 19 heavy (non-hydrogen) atoms. The fraction of sp³-hybridized carbons (Fsp3) is 0.857. The van der Waals surface area contributed by atoms with Crippen LogP contribution in [-0.4, -0.2) is 36.2 Å². The van der Waals surface area contributed by atoms with Crippen molar-refractivity contribution in [2.45, 2.75) is 51.0 Å². The lowest BCUT2D eigenvalue weighted by atomic mass is 9.95. The summed E-state index contributed by atoms with van der Waals surface area (Å²) in [4.78, 5) is 23.0. The summed E-state index contributed by atoms with van der Waals surface area (Å²) in [5.74, 6) is -1.04. The number of carboxylic acids is 1. The molecule has 2 fully saturated rings. The molecule has 1 amide bonds. The first-order valence-electron chi connectivity index (χ1n) is 7.26. The lowest BCUT2D eigenvalue weighted by Gasteiger charge is -2.18. The maximum absolute atomic E-state index is 12.0. The zero-order valence-electron chi connectivity index (χ0n) is 11.3. The molecule has 2 unspecified atom stereocenters. The quantitative estimate of drug-likeness (QED) is 0.759. The van der Waals surface area contributed by atoms with Crippen molar-refractivity contribution in [3.05, 3.63) is 0 Å². The van der Waals surface area contributed by atoms with E-state index in [-0.39, 0.29) is 18.6 Å². The van der Waals surface area contributed by atoms with E-state index in [0.717, 1.165) is 12.8 Å². The first-order valence-corrected chi connectivity index (χ1v) is 7.26. The van der Waals surface area contributed by atoms with Gasteiger partial charge in [-0.2, -0.15) is 0 Å². The molecule has 0 aromatic rings. The number of aliphatic carboxylic acids is 1. The van der Waals surface area contributed by atoms with E-state index in [0.29, 0.717) is 18.9 Å². The average molecular weight is 269 g/mol. The highest BCUT2D eigenvalue weighted by molar-refractivity contribution is 5.78. The Kier molecular flexibility index (Phi) is 5.19. The van der Waals surface area contributed by atoms with Gasteiger partial charge in [-0.15, -0.1) is 0 Å². The van der Waals surface area contributed by atoms with Crippen molar-refractivity contribution >= 4 is 11.9 Å². The van der Waals surface area contributed by atoms with Gasteiger partial charge in [0.05, 0.1) is 19.3 Å². The van der Waals surface area contributed by atoms with E-state index in [4.69, 9.17) is 9.84 Å². The molecule has 0 spiro atoms. The monoisotopic (exact) mass is 269 g/mol. The van der Waals surface area contributed by atoms with Crippen molar-refractivity contribution in [3.8, 4) is 0 Å². The van der Waals surface area contributed by atoms with Gasteiger partial charge in [0, 0.05) is 6.42 Å². The van der Waals surface area contributed by atoms with E-state index in [9.17, 15) is 9.59 Å². The van der Waals surface area contributed by atoms with Gasteiger partial charge in [0.15, 0.2) is 0 Å². The summed E-state index contributed by atoms with van der Waals surface area (Å²) in [6.45, 7) is 0.511. The summed E-state index contributed by atoms with van der Waals surface area (Å²) >= 11 is 0. The first-order chi connectivity index (χ1) is 9.16. The molecular formula is C14H23NO4. The van der Waals surface area contributed by atoms with E-state index in [1.807, 2.05) is 0 Å². The van der Waals surface area contributed by atoms with Gasteiger partial charge in [0.1, 0.15) is 5.92 Å². The molecule has 108 valence electrons. The van der Waals surface area contributed by atoms with Crippen LogP contribution in [0.5, 0.6) is 0 Å². The maximum Gasteiger partial charge on any atom is 0.311 e. The molecule has 1 saturated heterocycles. The van der Waals surface area contributed by atoms with E-state index in [2.05, 4.69) is 5.32 Å². The van der Waals surface area contributed by atoms with Crippen molar-refractivity contribution in [1.29, 1.82) is 0 Å². The summed E-state index contributed by atoms with van der Waals surface area (Å²) in [5, 5.41) is 11.9. The fourth-order valence-electron chi connectivity index (χ4n) is 3.04. The average Bonchev–Trinajstić information content (AvgIpc) is 2.66. The normalized spacial score (nSPS) is 28.8. The van der Waals surface area contributed by atoms with Crippen LogP contribution in [-0.2, 0) is 14.3 Å². The Morgan fingerprint density at radius 2 is 1.79 bits per heavy atom. The molecule has 1 saturated carbocycles. The molecule has 0 radical (unpaired) electrons. The van der Waals surface area contributed by atoms with Crippen LogP contribution in [0.1, 0.15) is 44.9 Å². The highest BCUT2D eigenvalue weighted by Gasteiger charge is 2.35. The van der Waals surface area contributed by atoms with Gasteiger partial charge < -0.3 is 15.2 Å². The number of hydrogen-bond donors (Lipinski definition) is 2. The number of carbonyl (C=O) groups excluding carboxylic acids is 1. The molecule has 1 aliphatic carbocycles. The minimum Gasteiger partial charge on any atom is -0.481 e. The number of rotatable bonds is 4. The summed E-state index contributed by atoms with van der Waals surface area (Å²) in [6, 6.07) is -0.365. The van der Waals surface area contributed by atoms with Crippen LogP contribution in [0.3, 0.4) is 0 Å². The van der Waals surface area contributed by atoms with E-state index < -0.39 is 11.9 Å². The van der Waals surface area contributed by atoms with Gasteiger partial charge in [-0.3, -0.25) is 9.59 Å². The standard InChI is InChI=1S/C14H23NO4/c16-13(7-10-5-3-1-2-4-6-10)15-12-9-19-8-11(12)14(17)18/h10-12H,1-9H2,(H,15,16)(H,17,18). The van der Waals surface area contributed by atoms with Crippen molar-refractivity contribution in [2.24, 2.45) is 11.8 Å². The molecule has 5 heteroatoms. The molecule has 2 atom stereocenters. The second kappa shape index (κ2) is 6.89. The molecule has 1 aliphatic heterocycles. The van der Waals surface area contributed by atoms with Gasteiger partial charge in [-0.1, -0.05) is 25.7 Å². The Hall–Kier alpha value is -1.10. The van der Waals surface area contributed by atoms with Crippen LogP contribution < -0.4 is 5.32 Å². The lowest BCUT2D eigenvalue weighted by molar-refractivity contribution is -0.142. The molecule has 5 nitrogen and oxygen atoms in total. The predicted molar refractivity (Wildman–Crippen MR) is 69.7 cm³/mol. The molecule has 0 bridgehead atoms. The summed E-state index contributed by atoms with van der Waals surface area (Å²) < 4.78 is 5.15. The Balaban J connectivity index is 1.78. The van der Waals surface area contributed by atoms with Gasteiger partial charge in [0.2, 0.25) is 5.91 Å². The van der Waals surface area contributed by atoms with Crippen molar-refractivity contribution < 1.29 is 19.4 Å². The molecule has 2 rings (SSSR count). The number of carbonyl (C=O) groups is 2. The number of amides is 1. The zero-order valence-corrected chi connectivity index (χ0v) is 11.3. The Bertz CT molecular complexity index is 323. The predicted octanol–water partition coefficient (Wildman–Crippen LogP) is 1.56. The molecular weight excluding hydrogens is 246 g/mol. The second-order valence-corrected chi connectivity index (χ2v) is 5.72. The van der Waals surface area contributed by atoms with E-state index >= 15 is 0 Å². The van der Waals surface area contributed by atoms with E-state index in [1.165, 1.54) is 25.7 Å². The van der Waals surface area contributed by atoms with Gasteiger partial charge >= 0.3 is 5.97 Å². The minimum absolute atomic E-state index is 0.0198. The molecule has 2 aliphatic rings.